The van der Waals surface area contributed by atoms with E-state index in [1.165, 1.54) is 0 Å². The third-order valence-corrected chi connectivity index (χ3v) is 3.08. The maximum Gasteiger partial charge on any atom is 0.171 e. The topological polar surface area (TPSA) is 42.9 Å². The summed E-state index contributed by atoms with van der Waals surface area (Å²) >= 11 is 3.34. The molecule has 0 aliphatic carbocycles. The van der Waals surface area contributed by atoms with Crippen LogP contribution < -0.4 is 0 Å². The molecule has 0 radical (unpaired) electrons. The maximum atomic E-state index is 12.2. The number of carbonyl (C=O) groups is 1. The van der Waals surface area contributed by atoms with Crippen LogP contribution in [0.25, 0.3) is 0 Å². The number of halogens is 1. The van der Waals surface area contributed by atoms with Gasteiger partial charge in [-0.15, -0.1) is 0 Å². The van der Waals surface area contributed by atoms with Crippen LogP contribution >= 0.6 is 15.9 Å². The van der Waals surface area contributed by atoms with Crippen molar-refractivity contribution in [1.29, 1.82) is 0 Å². The lowest BCUT2D eigenvalue weighted by atomic mass is 9.97. The van der Waals surface area contributed by atoms with Crippen molar-refractivity contribution in [2.75, 3.05) is 0 Å². The zero-order valence-electron chi connectivity index (χ0n) is 9.30. The summed E-state index contributed by atoms with van der Waals surface area (Å²) in [5, 5.41) is 0. The molecule has 4 heteroatoms. The molecule has 1 aromatic heterocycles. The molecule has 3 nitrogen and oxygen atoms in total. The molecule has 0 aliphatic rings. The van der Waals surface area contributed by atoms with Gasteiger partial charge in [-0.25, -0.2) is 0 Å². The summed E-state index contributed by atoms with van der Waals surface area (Å²) < 4.78 is 0.959. The molecule has 2 rings (SSSR count). The van der Waals surface area contributed by atoms with Crippen LogP contribution in [0.1, 0.15) is 28.9 Å². The van der Waals surface area contributed by atoms with E-state index in [4.69, 9.17) is 0 Å². The van der Waals surface area contributed by atoms with Crippen molar-refractivity contribution >= 4 is 21.7 Å². The summed E-state index contributed by atoms with van der Waals surface area (Å²) in [6.07, 6.45) is 4.82. The lowest BCUT2D eigenvalue weighted by molar-refractivity contribution is 0.0964. The van der Waals surface area contributed by atoms with E-state index < -0.39 is 0 Å². The maximum absolute atomic E-state index is 12.2. The van der Waals surface area contributed by atoms with E-state index in [1.54, 1.807) is 30.7 Å². The second-order valence-corrected chi connectivity index (χ2v) is 4.64. The van der Waals surface area contributed by atoms with E-state index in [-0.39, 0.29) is 11.7 Å². The highest BCUT2D eigenvalue weighted by molar-refractivity contribution is 9.10. The minimum Gasteiger partial charge on any atom is -0.293 e. The fourth-order valence-corrected chi connectivity index (χ4v) is 1.80. The number of benzene rings is 1. The van der Waals surface area contributed by atoms with E-state index in [1.807, 2.05) is 19.1 Å². The van der Waals surface area contributed by atoms with Crippen LogP contribution in [0.2, 0.25) is 0 Å². The van der Waals surface area contributed by atoms with Gasteiger partial charge in [-0.05, 0) is 19.1 Å². The van der Waals surface area contributed by atoms with Gasteiger partial charge in [0.05, 0.1) is 11.6 Å². The number of carbonyl (C=O) groups excluding carboxylic acids is 1. The highest BCUT2D eigenvalue weighted by atomic mass is 79.9. The van der Waals surface area contributed by atoms with Crippen LogP contribution in [0.4, 0.5) is 0 Å². The van der Waals surface area contributed by atoms with Crippen LogP contribution in [-0.4, -0.2) is 15.8 Å². The molecular formula is C13H11BrN2O. The molecule has 17 heavy (non-hydrogen) atoms. The fourth-order valence-electron chi connectivity index (χ4n) is 1.53. The summed E-state index contributed by atoms with van der Waals surface area (Å²) in [4.78, 5) is 20.3. The van der Waals surface area contributed by atoms with Gasteiger partial charge < -0.3 is 0 Å². The molecule has 86 valence electrons. The third-order valence-electron chi connectivity index (χ3n) is 2.55. The zero-order valence-corrected chi connectivity index (χ0v) is 10.9. The van der Waals surface area contributed by atoms with Crippen LogP contribution in [0.3, 0.4) is 0 Å². The molecule has 0 N–H and O–H groups in total. The normalized spacial score (nSPS) is 12.1. The third kappa shape index (κ3) is 2.77. The van der Waals surface area contributed by atoms with E-state index in [0.29, 0.717) is 11.3 Å². The van der Waals surface area contributed by atoms with Crippen LogP contribution in [-0.2, 0) is 0 Å². The fraction of sp³-hybridized carbons (Fsp3) is 0.154. The Morgan fingerprint density at radius 1 is 1.24 bits per heavy atom. The minimum atomic E-state index is -0.273. The lowest BCUT2D eigenvalue weighted by Gasteiger charge is -2.09. The molecule has 1 atom stereocenters. The van der Waals surface area contributed by atoms with Crippen molar-refractivity contribution in [2.45, 2.75) is 12.8 Å². The van der Waals surface area contributed by atoms with Gasteiger partial charge in [-0.2, -0.15) is 0 Å². The Labute approximate surface area is 108 Å². The average molecular weight is 291 g/mol. The first kappa shape index (κ1) is 11.9. The predicted molar refractivity (Wildman–Crippen MR) is 68.9 cm³/mol. The van der Waals surface area contributed by atoms with Gasteiger partial charge in [-0.3, -0.25) is 14.8 Å². The summed E-state index contributed by atoms with van der Waals surface area (Å²) in [7, 11) is 0. The van der Waals surface area contributed by atoms with Crippen molar-refractivity contribution < 1.29 is 4.79 Å². The van der Waals surface area contributed by atoms with Crippen molar-refractivity contribution in [1.82, 2.24) is 9.97 Å². The average Bonchev–Trinajstić information content (AvgIpc) is 2.39. The second kappa shape index (κ2) is 5.19. The quantitative estimate of drug-likeness (QED) is 0.815. The van der Waals surface area contributed by atoms with Gasteiger partial charge in [0, 0.05) is 28.6 Å². The van der Waals surface area contributed by atoms with Crippen molar-refractivity contribution in [3.05, 3.63) is 58.6 Å². The van der Waals surface area contributed by atoms with Gasteiger partial charge in [-0.1, -0.05) is 28.1 Å². The first-order chi connectivity index (χ1) is 8.18. The van der Waals surface area contributed by atoms with Crippen molar-refractivity contribution in [3.63, 3.8) is 0 Å². The first-order valence-corrected chi connectivity index (χ1v) is 6.03. The lowest BCUT2D eigenvalue weighted by Crippen LogP contribution is -2.11. The summed E-state index contributed by atoms with van der Waals surface area (Å²) in [5.41, 5.74) is 1.38. The summed E-state index contributed by atoms with van der Waals surface area (Å²) in [6, 6.07) is 7.33. The predicted octanol–water partition coefficient (Wildman–Crippen LogP) is 3.23. The molecule has 1 unspecified atom stereocenters. The van der Waals surface area contributed by atoms with E-state index >= 15 is 0 Å². The molecule has 0 fully saturated rings. The minimum absolute atomic E-state index is 0.0537. The van der Waals surface area contributed by atoms with Gasteiger partial charge in [0.1, 0.15) is 0 Å². The second-order valence-electron chi connectivity index (χ2n) is 3.72. The molecule has 1 aromatic carbocycles. The number of nitrogens with zero attached hydrogens (tertiary/aromatic N) is 2. The number of Topliss-reactive ketones (excluding diaryl/α,β-unsaturated/α-hetero) is 1. The number of rotatable bonds is 3. The number of hydrogen-bond acceptors (Lipinski definition) is 3. The Morgan fingerprint density at radius 3 is 2.53 bits per heavy atom. The molecule has 0 spiro atoms. The standard InChI is InChI=1S/C13H11BrN2O/c1-9(12-8-15-6-7-16-12)13(17)10-2-4-11(14)5-3-10/h2-9H,1H3. The van der Waals surface area contributed by atoms with Gasteiger partial charge in [0.2, 0.25) is 0 Å². The molecule has 2 aromatic rings. The van der Waals surface area contributed by atoms with Crippen LogP contribution in [0.15, 0.2) is 47.3 Å². The number of ketones is 1. The molecule has 0 aliphatic heterocycles. The molecular weight excluding hydrogens is 280 g/mol. The summed E-state index contributed by atoms with van der Waals surface area (Å²) in [5.74, 6) is -0.220. The highest BCUT2D eigenvalue weighted by Crippen LogP contribution is 2.19. The number of aromatic nitrogens is 2. The SMILES string of the molecule is CC(C(=O)c1ccc(Br)cc1)c1cnccn1. The van der Waals surface area contributed by atoms with E-state index in [9.17, 15) is 4.79 Å². The molecule has 0 saturated carbocycles. The highest BCUT2D eigenvalue weighted by Gasteiger charge is 2.18. The smallest absolute Gasteiger partial charge is 0.171 e. The van der Waals surface area contributed by atoms with Gasteiger partial charge >= 0.3 is 0 Å². The van der Waals surface area contributed by atoms with Crippen LogP contribution in [0, 0.1) is 0 Å². The molecule has 0 saturated heterocycles. The van der Waals surface area contributed by atoms with Gasteiger partial charge in [0.15, 0.2) is 5.78 Å². The Bertz CT molecular complexity index is 511. The Balaban J connectivity index is 2.23. The summed E-state index contributed by atoms with van der Waals surface area (Å²) in [6.45, 7) is 1.84. The van der Waals surface area contributed by atoms with Crippen molar-refractivity contribution in [3.8, 4) is 0 Å². The first-order valence-electron chi connectivity index (χ1n) is 5.24. The van der Waals surface area contributed by atoms with Crippen molar-refractivity contribution in [2.24, 2.45) is 0 Å². The monoisotopic (exact) mass is 290 g/mol. The molecule has 0 bridgehead atoms. The zero-order chi connectivity index (χ0) is 12.3. The Morgan fingerprint density at radius 2 is 1.94 bits per heavy atom. The molecule has 0 amide bonds. The Kier molecular flexibility index (Phi) is 3.64. The largest absolute Gasteiger partial charge is 0.293 e. The van der Waals surface area contributed by atoms with Crippen LogP contribution in [0.5, 0.6) is 0 Å². The van der Waals surface area contributed by atoms with E-state index in [0.717, 1.165) is 4.47 Å². The molecule has 1 heterocycles. The number of hydrogen-bond donors (Lipinski definition) is 0. The van der Waals surface area contributed by atoms with Gasteiger partial charge in [0.25, 0.3) is 0 Å². The van der Waals surface area contributed by atoms with E-state index in [2.05, 4.69) is 25.9 Å². The Hall–Kier alpha value is -1.55.